The van der Waals surface area contributed by atoms with Gasteiger partial charge in [-0.1, -0.05) is 12.1 Å². The number of amides is 1. The van der Waals surface area contributed by atoms with Gasteiger partial charge in [0.2, 0.25) is 0 Å². The zero-order valence-corrected chi connectivity index (χ0v) is 12.0. The van der Waals surface area contributed by atoms with Crippen LogP contribution in [0, 0.1) is 0 Å². The molecule has 104 valence electrons. The highest BCUT2D eigenvalue weighted by atomic mass is 35.5. The van der Waals surface area contributed by atoms with E-state index in [0.29, 0.717) is 18.1 Å². The van der Waals surface area contributed by atoms with Gasteiger partial charge in [-0.25, -0.2) is 0 Å². The lowest BCUT2D eigenvalue weighted by Gasteiger charge is -2.07. The molecule has 0 heterocycles. The molecule has 0 aromatic heterocycles. The summed E-state index contributed by atoms with van der Waals surface area (Å²) in [6.45, 7) is 2.55. The highest BCUT2D eigenvalue weighted by Gasteiger charge is 2.06. The van der Waals surface area contributed by atoms with E-state index < -0.39 is 0 Å². The van der Waals surface area contributed by atoms with Gasteiger partial charge in [-0.05, 0) is 48.9 Å². The van der Waals surface area contributed by atoms with Crippen molar-refractivity contribution in [1.82, 2.24) is 0 Å². The van der Waals surface area contributed by atoms with Gasteiger partial charge in [-0.3, -0.25) is 4.79 Å². The summed E-state index contributed by atoms with van der Waals surface area (Å²) in [6, 6.07) is 14.5. The van der Waals surface area contributed by atoms with Crippen molar-refractivity contribution >= 4 is 23.2 Å². The molecule has 0 fully saturated rings. The molecule has 0 aliphatic heterocycles. The van der Waals surface area contributed by atoms with Crippen molar-refractivity contribution < 1.29 is 9.53 Å². The van der Waals surface area contributed by atoms with Crippen LogP contribution in [-0.2, 0) is 5.88 Å². The zero-order chi connectivity index (χ0) is 14.4. The number of anilines is 1. The maximum atomic E-state index is 12.0. The van der Waals surface area contributed by atoms with Crippen LogP contribution in [0.4, 0.5) is 5.69 Å². The van der Waals surface area contributed by atoms with Gasteiger partial charge in [-0.2, -0.15) is 0 Å². The predicted molar refractivity (Wildman–Crippen MR) is 81.6 cm³/mol. The van der Waals surface area contributed by atoms with Crippen LogP contribution in [0.2, 0.25) is 0 Å². The SMILES string of the molecule is CCOc1ccc(NC(=O)c2ccc(CCl)cc2)cc1. The second kappa shape index (κ2) is 6.96. The van der Waals surface area contributed by atoms with Crippen molar-refractivity contribution in [2.75, 3.05) is 11.9 Å². The molecule has 0 radical (unpaired) electrons. The minimum atomic E-state index is -0.143. The lowest BCUT2D eigenvalue weighted by Crippen LogP contribution is -2.11. The van der Waals surface area contributed by atoms with E-state index in [1.54, 1.807) is 12.1 Å². The number of halogens is 1. The lowest BCUT2D eigenvalue weighted by atomic mass is 10.1. The summed E-state index contributed by atoms with van der Waals surface area (Å²) in [5, 5.41) is 2.84. The van der Waals surface area contributed by atoms with E-state index in [1.165, 1.54) is 0 Å². The van der Waals surface area contributed by atoms with Crippen LogP contribution >= 0.6 is 11.6 Å². The highest BCUT2D eigenvalue weighted by molar-refractivity contribution is 6.17. The van der Waals surface area contributed by atoms with Gasteiger partial charge in [0.05, 0.1) is 6.61 Å². The van der Waals surface area contributed by atoms with Crippen LogP contribution in [0.3, 0.4) is 0 Å². The zero-order valence-electron chi connectivity index (χ0n) is 11.2. The quantitative estimate of drug-likeness (QED) is 0.843. The van der Waals surface area contributed by atoms with Crippen molar-refractivity contribution in [1.29, 1.82) is 0 Å². The minimum Gasteiger partial charge on any atom is -0.494 e. The number of benzene rings is 2. The third-order valence-corrected chi connectivity index (χ3v) is 3.10. The van der Waals surface area contributed by atoms with Crippen molar-refractivity contribution in [3.8, 4) is 5.75 Å². The van der Waals surface area contributed by atoms with E-state index in [0.717, 1.165) is 17.0 Å². The van der Waals surface area contributed by atoms with Gasteiger partial charge < -0.3 is 10.1 Å². The highest BCUT2D eigenvalue weighted by Crippen LogP contribution is 2.16. The Labute approximate surface area is 123 Å². The van der Waals surface area contributed by atoms with Crippen LogP contribution in [0.15, 0.2) is 48.5 Å². The number of rotatable bonds is 5. The van der Waals surface area contributed by atoms with E-state index in [2.05, 4.69) is 5.32 Å². The molecular weight excluding hydrogens is 274 g/mol. The Balaban J connectivity index is 2.02. The van der Waals surface area contributed by atoms with Crippen LogP contribution in [0.25, 0.3) is 0 Å². The minimum absolute atomic E-state index is 0.143. The van der Waals surface area contributed by atoms with Gasteiger partial charge in [0, 0.05) is 17.1 Å². The maximum Gasteiger partial charge on any atom is 0.255 e. The fourth-order valence-electron chi connectivity index (χ4n) is 1.75. The number of ether oxygens (including phenoxy) is 1. The molecule has 1 amide bonds. The fraction of sp³-hybridized carbons (Fsp3) is 0.188. The molecule has 0 unspecified atom stereocenters. The lowest BCUT2D eigenvalue weighted by molar-refractivity contribution is 0.102. The Bertz CT molecular complexity index is 564. The number of alkyl halides is 1. The first-order chi connectivity index (χ1) is 9.72. The van der Waals surface area contributed by atoms with Gasteiger partial charge in [0.15, 0.2) is 0 Å². The summed E-state index contributed by atoms with van der Waals surface area (Å²) in [4.78, 5) is 12.0. The molecule has 4 heteroatoms. The van der Waals surface area contributed by atoms with Crippen LogP contribution in [-0.4, -0.2) is 12.5 Å². The first kappa shape index (κ1) is 14.4. The maximum absolute atomic E-state index is 12.0. The number of hydrogen-bond acceptors (Lipinski definition) is 2. The molecule has 0 spiro atoms. The molecular formula is C16H16ClNO2. The second-order valence-electron chi connectivity index (χ2n) is 4.24. The first-order valence-corrected chi connectivity index (χ1v) is 6.95. The molecule has 1 N–H and O–H groups in total. The molecule has 2 aromatic rings. The van der Waals surface area contributed by atoms with E-state index in [4.69, 9.17) is 16.3 Å². The van der Waals surface area contributed by atoms with Crippen LogP contribution in [0.1, 0.15) is 22.8 Å². The van der Waals surface area contributed by atoms with Crippen molar-refractivity contribution in [2.45, 2.75) is 12.8 Å². The third kappa shape index (κ3) is 3.75. The Hall–Kier alpha value is -2.00. The molecule has 0 aliphatic rings. The molecule has 0 saturated carbocycles. The Kier molecular flexibility index (Phi) is 5.02. The average molecular weight is 290 g/mol. The van der Waals surface area contributed by atoms with E-state index in [-0.39, 0.29) is 5.91 Å². The summed E-state index contributed by atoms with van der Waals surface area (Å²) in [5.41, 5.74) is 2.33. The summed E-state index contributed by atoms with van der Waals surface area (Å²) in [6.07, 6.45) is 0. The Morgan fingerprint density at radius 3 is 2.30 bits per heavy atom. The summed E-state index contributed by atoms with van der Waals surface area (Å²) >= 11 is 5.72. The Morgan fingerprint density at radius 2 is 1.75 bits per heavy atom. The molecule has 20 heavy (non-hydrogen) atoms. The first-order valence-electron chi connectivity index (χ1n) is 6.42. The van der Waals surface area contributed by atoms with Crippen LogP contribution in [0.5, 0.6) is 5.75 Å². The van der Waals surface area contributed by atoms with E-state index in [1.807, 2.05) is 43.3 Å². The van der Waals surface area contributed by atoms with Crippen molar-refractivity contribution in [3.63, 3.8) is 0 Å². The molecule has 0 saturated heterocycles. The molecule has 0 bridgehead atoms. The number of carbonyl (C=O) groups excluding carboxylic acids is 1. The fourth-order valence-corrected chi connectivity index (χ4v) is 1.93. The molecule has 3 nitrogen and oxygen atoms in total. The van der Waals surface area contributed by atoms with Gasteiger partial charge >= 0.3 is 0 Å². The average Bonchev–Trinajstić information content (AvgIpc) is 2.49. The summed E-state index contributed by atoms with van der Waals surface area (Å²) < 4.78 is 5.35. The second-order valence-corrected chi connectivity index (χ2v) is 4.51. The van der Waals surface area contributed by atoms with Gasteiger partial charge in [0.1, 0.15) is 5.75 Å². The topological polar surface area (TPSA) is 38.3 Å². The number of carbonyl (C=O) groups is 1. The van der Waals surface area contributed by atoms with Gasteiger partial charge in [0.25, 0.3) is 5.91 Å². The van der Waals surface area contributed by atoms with E-state index >= 15 is 0 Å². The van der Waals surface area contributed by atoms with Crippen LogP contribution < -0.4 is 10.1 Å². The predicted octanol–water partition coefficient (Wildman–Crippen LogP) is 4.08. The molecule has 2 aromatic carbocycles. The number of nitrogens with one attached hydrogen (secondary N) is 1. The molecule has 0 atom stereocenters. The monoisotopic (exact) mass is 289 g/mol. The van der Waals surface area contributed by atoms with E-state index in [9.17, 15) is 4.79 Å². The third-order valence-electron chi connectivity index (χ3n) is 2.79. The smallest absolute Gasteiger partial charge is 0.255 e. The Morgan fingerprint density at radius 1 is 1.10 bits per heavy atom. The molecule has 0 aliphatic carbocycles. The van der Waals surface area contributed by atoms with Crippen molar-refractivity contribution in [2.24, 2.45) is 0 Å². The largest absolute Gasteiger partial charge is 0.494 e. The van der Waals surface area contributed by atoms with Gasteiger partial charge in [-0.15, -0.1) is 11.6 Å². The molecule has 2 rings (SSSR count). The summed E-state index contributed by atoms with van der Waals surface area (Å²) in [7, 11) is 0. The summed E-state index contributed by atoms with van der Waals surface area (Å²) in [5.74, 6) is 1.09. The normalized spacial score (nSPS) is 10.1. The standard InChI is InChI=1S/C16H16ClNO2/c1-2-20-15-9-7-14(8-10-15)18-16(19)13-5-3-12(11-17)4-6-13/h3-10H,2,11H2,1H3,(H,18,19). The van der Waals surface area contributed by atoms with Crippen molar-refractivity contribution in [3.05, 3.63) is 59.7 Å². The number of hydrogen-bond donors (Lipinski definition) is 1.